The zero-order chi connectivity index (χ0) is 14.4. The maximum absolute atomic E-state index is 12.0. The van der Waals surface area contributed by atoms with E-state index in [1.807, 2.05) is 0 Å². The van der Waals surface area contributed by atoms with Gasteiger partial charge in [0.25, 0.3) is 0 Å². The van der Waals surface area contributed by atoms with Crippen LogP contribution in [-0.2, 0) is 14.8 Å². The summed E-state index contributed by atoms with van der Waals surface area (Å²) in [7, 11) is -3.40. The molecule has 6 heteroatoms. The van der Waals surface area contributed by atoms with Crippen LogP contribution in [0, 0.1) is 0 Å². The highest BCUT2D eigenvalue weighted by atomic mass is 32.2. The molecule has 1 saturated heterocycles. The lowest BCUT2D eigenvalue weighted by Crippen LogP contribution is -2.41. The summed E-state index contributed by atoms with van der Waals surface area (Å²) in [6, 6.07) is 8.65. The van der Waals surface area contributed by atoms with Crippen LogP contribution >= 0.6 is 0 Å². The van der Waals surface area contributed by atoms with E-state index in [1.165, 1.54) is 0 Å². The summed E-state index contributed by atoms with van der Waals surface area (Å²) in [6.45, 7) is 3.86. The first-order valence-electron chi connectivity index (χ1n) is 6.99. The third-order valence-corrected chi connectivity index (χ3v) is 4.94. The molecule has 1 aliphatic heterocycles. The Hall–Kier alpha value is -0.950. The molecule has 5 nitrogen and oxygen atoms in total. The largest absolute Gasteiger partial charge is 0.377 e. The highest BCUT2D eigenvalue weighted by molar-refractivity contribution is 7.89. The zero-order valence-corrected chi connectivity index (χ0v) is 12.5. The number of sulfonamides is 1. The number of nitrogens with one attached hydrogen (secondary N) is 2. The minimum absolute atomic E-state index is 0.249. The number of ether oxygens (including phenoxy) is 1. The van der Waals surface area contributed by atoms with Gasteiger partial charge >= 0.3 is 0 Å². The molecular weight excluding hydrogens is 276 g/mol. The lowest BCUT2D eigenvalue weighted by molar-refractivity contribution is 0.0840. The normalized spacial score (nSPS) is 20.9. The maximum atomic E-state index is 12.0. The van der Waals surface area contributed by atoms with Gasteiger partial charge in [-0.2, -0.15) is 0 Å². The van der Waals surface area contributed by atoms with E-state index in [9.17, 15) is 8.42 Å². The van der Waals surface area contributed by atoms with Crippen LogP contribution in [0.1, 0.15) is 19.8 Å². The van der Waals surface area contributed by atoms with Crippen LogP contribution in [0.25, 0.3) is 0 Å². The Balaban J connectivity index is 1.73. The summed E-state index contributed by atoms with van der Waals surface area (Å²) >= 11 is 0. The van der Waals surface area contributed by atoms with Crippen molar-refractivity contribution in [3.63, 3.8) is 0 Å². The lowest BCUT2D eigenvalue weighted by Gasteiger charge is -2.20. The van der Waals surface area contributed by atoms with E-state index in [0.29, 0.717) is 18.0 Å². The first-order valence-corrected chi connectivity index (χ1v) is 8.47. The van der Waals surface area contributed by atoms with Gasteiger partial charge in [-0.05, 0) is 31.9 Å². The summed E-state index contributed by atoms with van der Waals surface area (Å²) < 4.78 is 32.1. The van der Waals surface area contributed by atoms with Gasteiger partial charge in [0.15, 0.2) is 0 Å². The summed E-state index contributed by atoms with van der Waals surface area (Å²) in [5.74, 6) is 0. The average Bonchev–Trinajstić information content (AvgIpc) is 2.98. The summed E-state index contributed by atoms with van der Waals surface area (Å²) in [4.78, 5) is 0.298. The molecule has 0 spiro atoms. The Morgan fingerprint density at radius 2 is 2.05 bits per heavy atom. The molecule has 2 rings (SSSR count). The molecule has 1 aromatic rings. The van der Waals surface area contributed by atoms with Crippen LogP contribution in [0.5, 0.6) is 0 Å². The fourth-order valence-electron chi connectivity index (χ4n) is 2.30. The molecule has 1 fully saturated rings. The number of hydrogen-bond acceptors (Lipinski definition) is 4. The molecule has 2 N–H and O–H groups in total. The smallest absolute Gasteiger partial charge is 0.240 e. The molecule has 1 aliphatic rings. The summed E-state index contributed by atoms with van der Waals surface area (Å²) in [6.07, 6.45) is 2.43. The van der Waals surface area contributed by atoms with Crippen molar-refractivity contribution in [1.29, 1.82) is 0 Å². The molecule has 2 atom stereocenters. The Labute approximate surface area is 120 Å². The monoisotopic (exact) mass is 298 g/mol. The van der Waals surface area contributed by atoms with Gasteiger partial charge in [-0.15, -0.1) is 0 Å². The molecule has 0 saturated carbocycles. The summed E-state index contributed by atoms with van der Waals surface area (Å²) in [5, 5.41) is 3.30. The van der Waals surface area contributed by atoms with Gasteiger partial charge in [0.1, 0.15) is 0 Å². The van der Waals surface area contributed by atoms with E-state index in [2.05, 4.69) is 17.0 Å². The van der Waals surface area contributed by atoms with Crippen molar-refractivity contribution in [3.8, 4) is 0 Å². The Bertz CT molecular complexity index is 498. The molecule has 0 radical (unpaired) electrons. The SMILES string of the molecule is C[C@@H](NCCNS(=O)(=O)c1ccccc1)[C@H]1CCCO1. The van der Waals surface area contributed by atoms with Crippen molar-refractivity contribution >= 4 is 10.0 Å². The predicted octanol–water partition coefficient (Wildman–Crippen LogP) is 1.12. The van der Waals surface area contributed by atoms with E-state index in [0.717, 1.165) is 19.4 Å². The van der Waals surface area contributed by atoms with Crippen LogP contribution in [-0.4, -0.2) is 40.3 Å². The fraction of sp³-hybridized carbons (Fsp3) is 0.571. The van der Waals surface area contributed by atoms with Gasteiger partial charge in [0.2, 0.25) is 10.0 Å². The number of benzene rings is 1. The fourth-order valence-corrected chi connectivity index (χ4v) is 3.35. The van der Waals surface area contributed by atoms with Crippen LogP contribution in [0.3, 0.4) is 0 Å². The van der Waals surface area contributed by atoms with Gasteiger partial charge in [-0.25, -0.2) is 13.1 Å². The highest BCUT2D eigenvalue weighted by Crippen LogP contribution is 2.15. The number of rotatable bonds is 7. The van der Waals surface area contributed by atoms with Gasteiger partial charge in [0, 0.05) is 25.7 Å². The van der Waals surface area contributed by atoms with E-state index >= 15 is 0 Å². The quantitative estimate of drug-likeness (QED) is 0.740. The van der Waals surface area contributed by atoms with E-state index in [-0.39, 0.29) is 12.1 Å². The third kappa shape index (κ3) is 4.28. The van der Waals surface area contributed by atoms with Crippen LogP contribution in [0.4, 0.5) is 0 Å². The van der Waals surface area contributed by atoms with E-state index in [4.69, 9.17) is 4.74 Å². The third-order valence-electron chi connectivity index (χ3n) is 3.46. The number of hydrogen-bond donors (Lipinski definition) is 2. The molecular formula is C14H22N2O3S. The molecule has 0 aliphatic carbocycles. The minimum Gasteiger partial charge on any atom is -0.377 e. The highest BCUT2D eigenvalue weighted by Gasteiger charge is 2.21. The van der Waals surface area contributed by atoms with Crippen molar-refractivity contribution in [3.05, 3.63) is 30.3 Å². The van der Waals surface area contributed by atoms with Crippen molar-refractivity contribution in [1.82, 2.24) is 10.0 Å². The second kappa shape index (κ2) is 7.17. The van der Waals surface area contributed by atoms with Crippen molar-refractivity contribution in [2.75, 3.05) is 19.7 Å². The molecule has 0 amide bonds. The lowest BCUT2D eigenvalue weighted by atomic mass is 10.1. The molecule has 0 aromatic heterocycles. The second-order valence-corrected chi connectivity index (χ2v) is 6.77. The standard InChI is InChI=1S/C14H22N2O3S/c1-12(14-8-5-11-19-14)15-9-10-16-20(17,18)13-6-3-2-4-7-13/h2-4,6-7,12,14-16H,5,8-11H2,1H3/t12-,14-/m1/s1. The van der Waals surface area contributed by atoms with E-state index < -0.39 is 10.0 Å². The van der Waals surface area contributed by atoms with Gasteiger partial charge in [0.05, 0.1) is 11.0 Å². The maximum Gasteiger partial charge on any atom is 0.240 e. The van der Waals surface area contributed by atoms with Crippen molar-refractivity contribution in [2.45, 2.75) is 36.8 Å². The van der Waals surface area contributed by atoms with Gasteiger partial charge in [-0.3, -0.25) is 0 Å². The van der Waals surface area contributed by atoms with Gasteiger partial charge < -0.3 is 10.1 Å². The second-order valence-electron chi connectivity index (χ2n) is 5.01. The molecule has 0 unspecified atom stereocenters. The molecule has 1 aromatic carbocycles. The summed E-state index contributed by atoms with van der Waals surface area (Å²) in [5.41, 5.74) is 0. The topological polar surface area (TPSA) is 67.4 Å². The van der Waals surface area contributed by atoms with Crippen LogP contribution in [0.2, 0.25) is 0 Å². The Kier molecular flexibility index (Phi) is 5.54. The van der Waals surface area contributed by atoms with Crippen LogP contribution in [0.15, 0.2) is 35.2 Å². The van der Waals surface area contributed by atoms with Crippen LogP contribution < -0.4 is 10.0 Å². The van der Waals surface area contributed by atoms with E-state index in [1.54, 1.807) is 30.3 Å². The minimum atomic E-state index is -3.40. The first-order chi connectivity index (χ1) is 9.59. The first kappa shape index (κ1) is 15.4. The molecule has 0 bridgehead atoms. The predicted molar refractivity (Wildman–Crippen MR) is 78.1 cm³/mol. The van der Waals surface area contributed by atoms with Crippen molar-refractivity contribution < 1.29 is 13.2 Å². The van der Waals surface area contributed by atoms with Crippen molar-refractivity contribution in [2.24, 2.45) is 0 Å². The average molecular weight is 298 g/mol. The van der Waals surface area contributed by atoms with Gasteiger partial charge in [-0.1, -0.05) is 18.2 Å². The molecule has 1 heterocycles. The Morgan fingerprint density at radius 1 is 1.30 bits per heavy atom. The Morgan fingerprint density at radius 3 is 2.70 bits per heavy atom. The molecule has 20 heavy (non-hydrogen) atoms. The molecule has 112 valence electrons. The zero-order valence-electron chi connectivity index (χ0n) is 11.7.